The van der Waals surface area contributed by atoms with E-state index in [4.69, 9.17) is 9.47 Å². The van der Waals surface area contributed by atoms with E-state index >= 15 is 0 Å². The number of guanidine groups is 1. The van der Waals surface area contributed by atoms with Gasteiger partial charge in [-0.3, -0.25) is 9.89 Å². The molecule has 1 fully saturated rings. The Bertz CT molecular complexity index is 617. The van der Waals surface area contributed by atoms with Gasteiger partial charge in [0.05, 0.1) is 13.2 Å². The molecule has 1 saturated heterocycles. The van der Waals surface area contributed by atoms with Crippen LogP contribution in [0.25, 0.3) is 0 Å². The fourth-order valence-electron chi connectivity index (χ4n) is 3.73. The fraction of sp³-hybridized carbons (Fsp3) is 0.696. The molecule has 0 spiro atoms. The molecule has 0 saturated carbocycles. The molecule has 1 aliphatic heterocycles. The number of hydrogen-bond acceptors (Lipinski definition) is 4. The number of rotatable bonds is 8. The minimum atomic E-state index is 0.0946. The van der Waals surface area contributed by atoms with Crippen LogP contribution in [0.4, 0.5) is 0 Å². The first-order chi connectivity index (χ1) is 13.9. The average Bonchev–Trinajstić information content (AvgIpc) is 2.71. The van der Waals surface area contributed by atoms with Crippen molar-refractivity contribution in [2.45, 2.75) is 46.3 Å². The summed E-state index contributed by atoms with van der Waals surface area (Å²) >= 11 is 0. The molecule has 1 unspecified atom stereocenters. The number of likely N-dealkylation sites (tertiary alicyclic amines) is 1. The minimum Gasteiger partial charge on any atom is -0.497 e. The number of methoxy groups -OCH3 is 2. The molecule has 0 aromatic heterocycles. The summed E-state index contributed by atoms with van der Waals surface area (Å²) in [5.74, 6) is 2.46. The highest BCUT2D eigenvalue weighted by Crippen LogP contribution is 2.21. The number of benzene rings is 1. The van der Waals surface area contributed by atoms with Crippen molar-refractivity contribution in [2.24, 2.45) is 16.3 Å². The number of ether oxygens (including phenoxy) is 2. The quantitative estimate of drug-likeness (QED) is 0.515. The number of nitrogens with zero attached hydrogens (tertiary/aromatic N) is 2. The second-order valence-corrected chi connectivity index (χ2v) is 8.99. The van der Waals surface area contributed by atoms with Crippen LogP contribution in [0.5, 0.6) is 5.75 Å². The lowest BCUT2D eigenvalue weighted by Gasteiger charge is -2.33. The summed E-state index contributed by atoms with van der Waals surface area (Å²) in [5.41, 5.74) is 1.44. The second kappa shape index (κ2) is 11.4. The lowest BCUT2D eigenvalue weighted by Crippen LogP contribution is -2.47. The van der Waals surface area contributed by atoms with Crippen LogP contribution in [0, 0.1) is 11.3 Å². The van der Waals surface area contributed by atoms with Crippen molar-refractivity contribution in [1.82, 2.24) is 15.5 Å². The first kappa shape index (κ1) is 23.5. The molecule has 1 aromatic rings. The third-order valence-electron chi connectivity index (χ3n) is 5.76. The Hall–Kier alpha value is -1.79. The van der Waals surface area contributed by atoms with Crippen molar-refractivity contribution in [3.05, 3.63) is 29.8 Å². The zero-order chi connectivity index (χ0) is 21.3. The number of piperidine rings is 1. The highest BCUT2D eigenvalue weighted by molar-refractivity contribution is 5.79. The second-order valence-electron chi connectivity index (χ2n) is 8.99. The largest absolute Gasteiger partial charge is 0.497 e. The first-order valence-corrected chi connectivity index (χ1v) is 10.7. The molecule has 0 aliphatic carbocycles. The SMILES string of the molecule is CN=C(NCC1CCN(Cc2ccc(OC)cc2)CC1)NCC(OC)C(C)(C)C. The monoisotopic (exact) mass is 404 g/mol. The van der Waals surface area contributed by atoms with Gasteiger partial charge in [0.1, 0.15) is 5.75 Å². The van der Waals surface area contributed by atoms with Gasteiger partial charge in [0.2, 0.25) is 0 Å². The molecule has 0 radical (unpaired) electrons. The zero-order valence-electron chi connectivity index (χ0n) is 19.1. The molecular weight excluding hydrogens is 364 g/mol. The molecule has 6 heteroatoms. The summed E-state index contributed by atoms with van der Waals surface area (Å²) in [4.78, 5) is 6.90. The van der Waals surface area contributed by atoms with Gasteiger partial charge in [-0.05, 0) is 55.0 Å². The minimum absolute atomic E-state index is 0.0946. The Morgan fingerprint density at radius 2 is 1.79 bits per heavy atom. The van der Waals surface area contributed by atoms with Gasteiger partial charge in [-0.25, -0.2) is 0 Å². The van der Waals surface area contributed by atoms with Crippen LogP contribution in [0.3, 0.4) is 0 Å². The predicted molar refractivity (Wildman–Crippen MR) is 121 cm³/mol. The standard InChI is InChI=1S/C23H40N4O2/c1-23(2,3)21(29-6)16-26-22(24-4)25-15-18-11-13-27(14-12-18)17-19-7-9-20(28-5)10-8-19/h7-10,18,21H,11-17H2,1-6H3,(H2,24,25,26). The molecular formula is C23H40N4O2. The first-order valence-electron chi connectivity index (χ1n) is 10.7. The van der Waals surface area contributed by atoms with Gasteiger partial charge in [0.15, 0.2) is 5.96 Å². The van der Waals surface area contributed by atoms with Gasteiger partial charge < -0.3 is 20.1 Å². The van der Waals surface area contributed by atoms with Gasteiger partial charge in [-0.1, -0.05) is 32.9 Å². The van der Waals surface area contributed by atoms with E-state index < -0.39 is 0 Å². The lowest BCUT2D eigenvalue weighted by atomic mass is 9.89. The van der Waals surface area contributed by atoms with E-state index in [9.17, 15) is 0 Å². The maximum absolute atomic E-state index is 5.62. The van der Waals surface area contributed by atoms with Crippen LogP contribution >= 0.6 is 0 Å². The third kappa shape index (κ3) is 7.86. The smallest absolute Gasteiger partial charge is 0.191 e. The number of nitrogens with one attached hydrogen (secondary N) is 2. The van der Waals surface area contributed by atoms with E-state index in [0.717, 1.165) is 44.4 Å². The zero-order valence-corrected chi connectivity index (χ0v) is 19.1. The Kier molecular flexibility index (Phi) is 9.24. The predicted octanol–water partition coefficient (Wildman–Crippen LogP) is 3.13. The van der Waals surface area contributed by atoms with Crippen LogP contribution in [-0.4, -0.2) is 64.4 Å². The molecule has 2 N–H and O–H groups in total. The summed E-state index contributed by atoms with van der Waals surface area (Å²) in [6.45, 7) is 11.6. The van der Waals surface area contributed by atoms with Gasteiger partial charge in [-0.15, -0.1) is 0 Å². The summed E-state index contributed by atoms with van der Waals surface area (Å²) in [5, 5.41) is 6.91. The highest BCUT2D eigenvalue weighted by atomic mass is 16.5. The molecule has 1 atom stereocenters. The van der Waals surface area contributed by atoms with Crippen molar-refractivity contribution in [1.29, 1.82) is 0 Å². The maximum atomic E-state index is 5.62. The summed E-state index contributed by atoms with van der Waals surface area (Å²) < 4.78 is 10.9. The van der Waals surface area contributed by atoms with Gasteiger partial charge in [0, 0.05) is 33.8 Å². The van der Waals surface area contributed by atoms with Crippen LogP contribution in [0.15, 0.2) is 29.3 Å². The topological polar surface area (TPSA) is 58.1 Å². The molecule has 164 valence electrons. The Morgan fingerprint density at radius 1 is 1.14 bits per heavy atom. The lowest BCUT2D eigenvalue weighted by molar-refractivity contribution is 0.0205. The van der Waals surface area contributed by atoms with E-state index in [-0.39, 0.29) is 11.5 Å². The molecule has 1 aromatic carbocycles. The molecule has 0 bridgehead atoms. The van der Waals surface area contributed by atoms with Crippen molar-refractivity contribution in [3.63, 3.8) is 0 Å². The molecule has 2 rings (SSSR count). The van der Waals surface area contributed by atoms with Crippen molar-refractivity contribution in [3.8, 4) is 5.75 Å². The van der Waals surface area contributed by atoms with E-state index in [2.05, 4.69) is 53.4 Å². The van der Waals surface area contributed by atoms with Crippen molar-refractivity contribution >= 4 is 5.96 Å². The van der Waals surface area contributed by atoms with Crippen LogP contribution in [0.2, 0.25) is 0 Å². The molecule has 0 amide bonds. The van der Waals surface area contributed by atoms with Crippen molar-refractivity contribution < 1.29 is 9.47 Å². The fourth-order valence-corrected chi connectivity index (χ4v) is 3.73. The number of aliphatic imine (C=N–C) groups is 1. The maximum Gasteiger partial charge on any atom is 0.191 e. The molecule has 1 aliphatic rings. The molecule has 1 heterocycles. The summed E-state index contributed by atoms with van der Waals surface area (Å²) in [7, 11) is 5.30. The Balaban J connectivity index is 1.70. The number of hydrogen-bond donors (Lipinski definition) is 2. The van der Waals surface area contributed by atoms with Gasteiger partial charge in [0.25, 0.3) is 0 Å². The van der Waals surface area contributed by atoms with Crippen LogP contribution < -0.4 is 15.4 Å². The normalized spacial score (nSPS) is 17.8. The Morgan fingerprint density at radius 3 is 2.31 bits per heavy atom. The molecule has 29 heavy (non-hydrogen) atoms. The van der Waals surface area contributed by atoms with Crippen LogP contribution in [0.1, 0.15) is 39.2 Å². The van der Waals surface area contributed by atoms with E-state index in [1.165, 1.54) is 18.4 Å². The average molecular weight is 405 g/mol. The van der Waals surface area contributed by atoms with E-state index in [1.54, 1.807) is 14.2 Å². The van der Waals surface area contributed by atoms with Gasteiger partial charge >= 0.3 is 0 Å². The van der Waals surface area contributed by atoms with E-state index in [1.807, 2.05) is 19.2 Å². The van der Waals surface area contributed by atoms with Gasteiger partial charge in [-0.2, -0.15) is 0 Å². The highest BCUT2D eigenvalue weighted by Gasteiger charge is 2.24. The van der Waals surface area contributed by atoms with Crippen molar-refractivity contribution in [2.75, 3.05) is 47.4 Å². The van der Waals surface area contributed by atoms with Crippen LogP contribution in [-0.2, 0) is 11.3 Å². The summed E-state index contributed by atoms with van der Waals surface area (Å²) in [6.07, 6.45) is 2.56. The van der Waals surface area contributed by atoms with E-state index in [0.29, 0.717) is 5.92 Å². The molecule has 6 nitrogen and oxygen atoms in total. The Labute approximate surface area is 177 Å². The summed E-state index contributed by atoms with van der Waals surface area (Å²) in [6, 6.07) is 8.40. The third-order valence-corrected chi connectivity index (χ3v) is 5.76.